The van der Waals surface area contributed by atoms with Crippen molar-refractivity contribution in [3.05, 3.63) is 134 Å². The van der Waals surface area contributed by atoms with E-state index in [9.17, 15) is 46.0 Å². The molecule has 11 rings (SSSR count). The minimum Gasteiger partial charge on any atom is -0.504 e. The first-order valence-electron chi connectivity index (χ1n) is 20.4. The van der Waals surface area contributed by atoms with Gasteiger partial charge in [-0.3, -0.25) is 4.98 Å². The van der Waals surface area contributed by atoms with Crippen LogP contribution < -0.4 is 5.73 Å². The highest BCUT2D eigenvalue weighted by molar-refractivity contribution is 6.23. The predicted molar refractivity (Wildman–Crippen MR) is 252 cm³/mol. The smallest absolute Gasteiger partial charge is 0.208 e. The number of phenolic OH excluding ortho intramolecular Hbond substituents is 9. The first-order valence-corrected chi connectivity index (χ1v) is 20.4. The van der Waals surface area contributed by atoms with Crippen molar-refractivity contribution in [1.82, 2.24) is 19.9 Å². The van der Waals surface area contributed by atoms with Crippen LogP contribution in [0.25, 0.3) is 110 Å². The number of aromatic hydroxyl groups is 9. The van der Waals surface area contributed by atoms with Gasteiger partial charge < -0.3 is 51.7 Å². The molecule has 0 aliphatic carbocycles. The van der Waals surface area contributed by atoms with E-state index in [1.165, 1.54) is 0 Å². The average Bonchev–Trinajstić information content (AvgIpc) is 3.35. The van der Waals surface area contributed by atoms with Crippen molar-refractivity contribution in [3.8, 4) is 108 Å². The van der Waals surface area contributed by atoms with E-state index in [2.05, 4.69) is 17.1 Å². The molecule has 11 N–H and O–H groups in total. The van der Waals surface area contributed by atoms with Gasteiger partial charge in [0.15, 0.2) is 40.5 Å². The maximum atomic E-state index is 11.4. The third-order valence-corrected chi connectivity index (χ3v) is 12.2. The second kappa shape index (κ2) is 14.5. The van der Waals surface area contributed by atoms with Crippen molar-refractivity contribution >= 4 is 59.5 Å². The summed E-state index contributed by atoms with van der Waals surface area (Å²) >= 11 is 0. The summed E-state index contributed by atoms with van der Waals surface area (Å²) in [7, 11) is 0. The Bertz CT molecular complexity index is 3840. The molecule has 0 saturated heterocycles. The summed E-state index contributed by atoms with van der Waals surface area (Å²) in [6.45, 7) is 0. The summed E-state index contributed by atoms with van der Waals surface area (Å²) in [5.74, 6) is -9.25. The molecule has 0 fully saturated rings. The second-order valence-electron chi connectivity index (χ2n) is 15.8. The Morgan fingerprint density at radius 2 is 0.803 bits per heavy atom. The summed E-state index contributed by atoms with van der Waals surface area (Å²) in [5, 5.41) is 105. The Morgan fingerprint density at radius 3 is 1.48 bits per heavy atom. The highest BCUT2D eigenvalue weighted by atomic mass is 16.4. The van der Waals surface area contributed by atoms with Gasteiger partial charge >= 0.3 is 0 Å². The van der Waals surface area contributed by atoms with Gasteiger partial charge in [-0.1, -0.05) is 97.1 Å². The Balaban J connectivity index is 1.30. The van der Waals surface area contributed by atoms with Crippen LogP contribution in [-0.4, -0.2) is 65.9 Å². The second-order valence-corrected chi connectivity index (χ2v) is 15.8. The van der Waals surface area contributed by atoms with Crippen LogP contribution in [0, 0.1) is 0 Å². The largest absolute Gasteiger partial charge is 0.504 e. The molecule has 66 heavy (non-hydrogen) atoms. The monoisotopic (exact) mass is 871 g/mol. The van der Waals surface area contributed by atoms with E-state index in [1.807, 2.05) is 91.0 Å². The first-order chi connectivity index (χ1) is 31.9. The molecule has 9 aromatic carbocycles. The summed E-state index contributed by atoms with van der Waals surface area (Å²) in [4.78, 5) is 19.1. The summed E-state index contributed by atoms with van der Waals surface area (Å²) < 4.78 is 0. The topological polar surface area (TPSA) is 260 Å². The number of hydrogen-bond donors (Lipinski definition) is 10. The van der Waals surface area contributed by atoms with Gasteiger partial charge in [0.25, 0.3) is 0 Å². The Hall–Kier alpha value is -9.56. The Morgan fingerprint density at radius 1 is 0.318 bits per heavy atom. The molecule has 14 heteroatoms. The molecule has 2 aromatic heterocycles. The third-order valence-electron chi connectivity index (χ3n) is 12.2. The number of benzene rings is 9. The zero-order valence-electron chi connectivity index (χ0n) is 34.1. The summed E-state index contributed by atoms with van der Waals surface area (Å²) in [6.07, 6.45) is 3.27. The SMILES string of the molecule is Nc1c(O)c(O)c(O)c(O)c1-c1ccc2c(-c3nc(-c4c(O)c(O)c(O)c(O)c4O)nc(-c4cc5c6ccccc6ccc5c5ccccc45)n3)c3ccccc3c(-c3ccncc3)c2c1. The van der Waals surface area contributed by atoms with Gasteiger partial charge in [-0.2, -0.15) is 0 Å². The highest BCUT2D eigenvalue weighted by Crippen LogP contribution is 2.56. The van der Waals surface area contributed by atoms with Crippen molar-refractivity contribution in [2.45, 2.75) is 0 Å². The molecule has 0 saturated carbocycles. The predicted octanol–water partition coefficient (Wildman–Crippen LogP) is 10.3. The fraction of sp³-hybridized carbons (Fsp3) is 0. The van der Waals surface area contributed by atoms with Crippen molar-refractivity contribution in [2.24, 2.45) is 0 Å². The van der Waals surface area contributed by atoms with Gasteiger partial charge in [-0.15, -0.1) is 0 Å². The number of phenols is 9. The van der Waals surface area contributed by atoms with E-state index < -0.39 is 63.0 Å². The number of rotatable bonds is 5. The van der Waals surface area contributed by atoms with Crippen LogP contribution in [-0.2, 0) is 0 Å². The number of nitrogens with zero attached hydrogens (tertiary/aromatic N) is 4. The number of nitrogen functional groups attached to an aromatic ring is 1. The van der Waals surface area contributed by atoms with Gasteiger partial charge in [0, 0.05) is 23.5 Å². The van der Waals surface area contributed by atoms with Crippen LogP contribution in [0.5, 0.6) is 51.7 Å². The van der Waals surface area contributed by atoms with E-state index in [0.29, 0.717) is 38.2 Å². The molecule has 0 radical (unpaired) electrons. The number of nitrogens with two attached hydrogens (primary N) is 1. The molecule has 0 bridgehead atoms. The number of aromatic nitrogens is 4. The van der Waals surface area contributed by atoms with E-state index in [-0.39, 0.29) is 28.6 Å². The van der Waals surface area contributed by atoms with Crippen molar-refractivity contribution < 1.29 is 46.0 Å². The fourth-order valence-electron chi connectivity index (χ4n) is 9.08. The Labute approximate surface area is 371 Å². The molecular formula is C52H33N5O9. The van der Waals surface area contributed by atoms with Crippen LogP contribution in [0.4, 0.5) is 5.69 Å². The lowest BCUT2D eigenvalue weighted by molar-refractivity contribution is 0.329. The molecule has 0 spiro atoms. The van der Waals surface area contributed by atoms with Crippen molar-refractivity contribution in [3.63, 3.8) is 0 Å². The normalized spacial score (nSPS) is 11.6. The molecule has 2 heterocycles. The first kappa shape index (κ1) is 39.3. The lowest BCUT2D eigenvalue weighted by atomic mass is 9.86. The Kier molecular flexibility index (Phi) is 8.64. The quantitative estimate of drug-likeness (QED) is 0.0254. The van der Waals surface area contributed by atoms with E-state index in [4.69, 9.17) is 20.7 Å². The van der Waals surface area contributed by atoms with Crippen LogP contribution in [0.2, 0.25) is 0 Å². The van der Waals surface area contributed by atoms with E-state index >= 15 is 0 Å². The maximum absolute atomic E-state index is 11.4. The lowest BCUT2D eigenvalue weighted by Gasteiger charge is -2.20. The van der Waals surface area contributed by atoms with Crippen molar-refractivity contribution in [2.75, 3.05) is 5.73 Å². The molecule has 11 aromatic rings. The third kappa shape index (κ3) is 5.68. The molecule has 0 aliphatic rings. The summed E-state index contributed by atoms with van der Waals surface area (Å²) in [6, 6.07) is 37.8. The average molecular weight is 872 g/mol. The molecule has 0 unspecified atom stereocenters. The number of hydrogen-bond acceptors (Lipinski definition) is 14. The van der Waals surface area contributed by atoms with Crippen LogP contribution in [0.15, 0.2) is 134 Å². The zero-order valence-corrected chi connectivity index (χ0v) is 34.1. The van der Waals surface area contributed by atoms with Crippen molar-refractivity contribution in [1.29, 1.82) is 0 Å². The molecule has 0 aliphatic heterocycles. The van der Waals surface area contributed by atoms with E-state index in [1.54, 1.807) is 30.6 Å². The van der Waals surface area contributed by atoms with Crippen LogP contribution in [0.3, 0.4) is 0 Å². The number of pyridine rings is 1. The number of anilines is 1. The van der Waals surface area contributed by atoms with Gasteiger partial charge in [0.1, 0.15) is 5.56 Å². The molecule has 0 atom stereocenters. The number of fused-ring (bicyclic) bond motifs is 7. The van der Waals surface area contributed by atoms with Crippen LogP contribution >= 0.6 is 0 Å². The highest BCUT2D eigenvalue weighted by Gasteiger charge is 2.30. The molecule has 14 nitrogen and oxygen atoms in total. The molecular weight excluding hydrogens is 839 g/mol. The van der Waals surface area contributed by atoms with Gasteiger partial charge in [-0.25, -0.2) is 15.0 Å². The standard InChI is InChI=1S/C52H33N5O9/c53-40-37(41(58)45(62)48(65)44(40)61)25-14-16-32-34(21-25)36(24-17-19-54-20-18-24)30-11-5-6-12-31(30)38(32)51-55-50(56-52(57-51)39-42(59)46(63)49(66)47(64)43(39)60)35-22-33-26-8-2-1-7-23(26)13-15-29(33)27-9-3-4-10-28(27)35/h1-22,58-66H,53H2. The summed E-state index contributed by atoms with van der Waals surface area (Å²) in [5.41, 5.74) is 7.78. The van der Waals surface area contributed by atoms with Gasteiger partial charge in [0.05, 0.1) is 11.3 Å². The maximum Gasteiger partial charge on any atom is 0.208 e. The zero-order chi connectivity index (χ0) is 45.7. The molecule has 0 amide bonds. The lowest BCUT2D eigenvalue weighted by Crippen LogP contribution is -2.03. The van der Waals surface area contributed by atoms with Crippen LogP contribution in [0.1, 0.15) is 0 Å². The molecule has 320 valence electrons. The van der Waals surface area contributed by atoms with E-state index in [0.717, 1.165) is 37.9 Å². The van der Waals surface area contributed by atoms with Gasteiger partial charge in [-0.05, 0) is 94.8 Å². The fourth-order valence-corrected chi connectivity index (χ4v) is 9.08. The van der Waals surface area contributed by atoms with Gasteiger partial charge in [0.2, 0.25) is 28.7 Å². The minimum absolute atomic E-state index is 0.0143. The minimum atomic E-state index is -1.16.